The molecule has 0 amide bonds. The molecule has 5 rings (SSSR count). The van der Waals surface area contributed by atoms with Crippen molar-refractivity contribution in [1.82, 2.24) is 9.29 Å². The van der Waals surface area contributed by atoms with E-state index in [4.69, 9.17) is 5.73 Å². The van der Waals surface area contributed by atoms with Crippen LogP contribution in [-0.4, -0.2) is 43.2 Å². The molecule has 0 unspecified atom stereocenters. The number of aliphatic imine (C=N–C) groups is 1. The third-order valence-electron chi connectivity index (χ3n) is 6.61. The number of rotatable bonds is 6. The fraction of sp³-hybridized carbons (Fsp3) is 0.269. The Morgan fingerprint density at radius 1 is 1.06 bits per heavy atom. The highest BCUT2D eigenvalue weighted by Crippen LogP contribution is 2.30. The third kappa shape index (κ3) is 4.14. The molecule has 0 bridgehead atoms. The molecule has 1 aliphatic rings. The van der Waals surface area contributed by atoms with Crippen molar-refractivity contribution in [2.75, 3.05) is 13.6 Å². The first-order valence-corrected chi connectivity index (χ1v) is 12.7. The third-order valence-corrected chi connectivity index (χ3v) is 8.56. The smallest absolute Gasteiger partial charge is 0.243 e. The van der Waals surface area contributed by atoms with Gasteiger partial charge in [-0.15, -0.1) is 0 Å². The lowest BCUT2D eigenvalue weighted by Crippen LogP contribution is -2.35. The van der Waals surface area contributed by atoms with E-state index in [1.54, 1.807) is 23.5 Å². The number of H-pyrrole nitrogens is 1. The van der Waals surface area contributed by atoms with E-state index in [1.165, 1.54) is 0 Å². The minimum atomic E-state index is -3.53. The van der Waals surface area contributed by atoms with Gasteiger partial charge in [0.1, 0.15) is 5.84 Å². The van der Waals surface area contributed by atoms with Gasteiger partial charge >= 0.3 is 0 Å². The summed E-state index contributed by atoms with van der Waals surface area (Å²) in [5.41, 5.74) is 8.95. The number of nitrogens with two attached hydrogens (primary N) is 1. The Labute approximate surface area is 194 Å². The summed E-state index contributed by atoms with van der Waals surface area (Å²) in [5, 5.41) is 3.11. The molecule has 1 aromatic heterocycles. The number of fused-ring (bicyclic) bond motifs is 2. The molecule has 1 fully saturated rings. The van der Waals surface area contributed by atoms with E-state index >= 15 is 0 Å². The van der Waals surface area contributed by atoms with Crippen molar-refractivity contribution in [3.05, 3.63) is 78.0 Å². The molecule has 1 saturated heterocycles. The first-order valence-electron chi connectivity index (χ1n) is 11.3. The number of amidine groups is 1. The fourth-order valence-corrected chi connectivity index (χ4v) is 6.57. The second kappa shape index (κ2) is 8.65. The van der Waals surface area contributed by atoms with Crippen LogP contribution in [0, 0.1) is 0 Å². The van der Waals surface area contributed by atoms with Crippen LogP contribution in [0.5, 0.6) is 0 Å². The second-order valence-electron chi connectivity index (χ2n) is 8.66. The standard InChI is InChI=1S/C26H28N4O2S/c1-28-26(27)21-9-8-20-15-22(29-25(20)17-21)11-12-23-7-4-14-30(23)33(31,32)24-13-10-18-5-2-3-6-19(18)16-24/h2-3,5-6,8-10,13,15-17,23,29H,4,7,11-12,14H2,1H3,(H2,27,28)/t23-/m0/s1. The molecule has 0 radical (unpaired) electrons. The van der Waals surface area contributed by atoms with Crippen molar-refractivity contribution in [3.63, 3.8) is 0 Å². The maximum absolute atomic E-state index is 13.5. The van der Waals surface area contributed by atoms with Crippen LogP contribution in [0.1, 0.15) is 30.5 Å². The van der Waals surface area contributed by atoms with Crippen molar-refractivity contribution < 1.29 is 8.42 Å². The summed E-state index contributed by atoms with van der Waals surface area (Å²) in [7, 11) is -1.85. The van der Waals surface area contributed by atoms with Crippen LogP contribution >= 0.6 is 0 Å². The maximum atomic E-state index is 13.5. The summed E-state index contributed by atoms with van der Waals surface area (Å²) in [5.74, 6) is 0.508. The van der Waals surface area contributed by atoms with Crippen molar-refractivity contribution in [1.29, 1.82) is 0 Å². The van der Waals surface area contributed by atoms with E-state index in [-0.39, 0.29) is 6.04 Å². The van der Waals surface area contributed by atoms with Gasteiger partial charge in [0.15, 0.2) is 0 Å². The van der Waals surface area contributed by atoms with E-state index in [0.717, 1.165) is 58.6 Å². The topological polar surface area (TPSA) is 91.5 Å². The Balaban J connectivity index is 1.34. The molecule has 3 aromatic carbocycles. The van der Waals surface area contributed by atoms with Gasteiger partial charge in [-0.1, -0.05) is 42.5 Å². The first-order chi connectivity index (χ1) is 16.0. The van der Waals surface area contributed by atoms with Crippen LogP contribution in [0.15, 0.2) is 76.6 Å². The number of aromatic amines is 1. The summed E-state index contributed by atoms with van der Waals surface area (Å²) in [6, 6.07) is 21.4. The van der Waals surface area contributed by atoms with Gasteiger partial charge in [0.05, 0.1) is 4.90 Å². The first kappa shape index (κ1) is 21.7. The maximum Gasteiger partial charge on any atom is 0.243 e. The van der Waals surface area contributed by atoms with Gasteiger partial charge in [0.25, 0.3) is 0 Å². The largest absolute Gasteiger partial charge is 0.384 e. The molecule has 7 heteroatoms. The zero-order valence-corrected chi connectivity index (χ0v) is 19.5. The van der Waals surface area contributed by atoms with Gasteiger partial charge in [-0.2, -0.15) is 4.31 Å². The van der Waals surface area contributed by atoms with Gasteiger partial charge < -0.3 is 10.7 Å². The van der Waals surface area contributed by atoms with Crippen molar-refractivity contribution in [3.8, 4) is 0 Å². The number of benzene rings is 3. The average Bonchev–Trinajstić information content (AvgIpc) is 3.48. The molecular formula is C26H28N4O2S. The number of hydrogen-bond acceptors (Lipinski definition) is 3. The monoisotopic (exact) mass is 460 g/mol. The van der Waals surface area contributed by atoms with Crippen LogP contribution in [0.25, 0.3) is 21.7 Å². The van der Waals surface area contributed by atoms with Gasteiger partial charge in [0, 0.05) is 36.4 Å². The van der Waals surface area contributed by atoms with Crippen LogP contribution in [0.4, 0.5) is 0 Å². The second-order valence-corrected chi connectivity index (χ2v) is 10.6. The molecule has 3 N–H and O–H groups in total. The van der Waals surface area contributed by atoms with Gasteiger partial charge in [-0.3, -0.25) is 4.99 Å². The predicted octanol–water partition coefficient (Wildman–Crippen LogP) is 4.44. The molecule has 0 aliphatic carbocycles. The van der Waals surface area contributed by atoms with Crippen molar-refractivity contribution in [2.45, 2.75) is 36.6 Å². The Hall–Kier alpha value is -3.16. The van der Waals surface area contributed by atoms with Crippen LogP contribution in [-0.2, 0) is 16.4 Å². The SMILES string of the molecule is CN=C(N)c1ccc2cc(CC[C@@H]3CCCN3S(=O)(=O)c3ccc4ccccc4c3)[nH]c2c1. The van der Waals surface area contributed by atoms with E-state index < -0.39 is 10.0 Å². The number of hydrogen-bond donors (Lipinski definition) is 2. The van der Waals surface area contributed by atoms with Crippen LogP contribution in [0.2, 0.25) is 0 Å². The lowest BCUT2D eigenvalue weighted by molar-refractivity contribution is 0.370. The number of sulfonamides is 1. The number of aromatic nitrogens is 1. The molecular weight excluding hydrogens is 432 g/mol. The molecule has 33 heavy (non-hydrogen) atoms. The quantitative estimate of drug-likeness (QED) is 0.329. The molecule has 0 spiro atoms. The Kier molecular flexibility index (Phi) is 5.68. The van der Waals surface area contributed by atoms with Gasteiger partial charge in [-0.25, -0.2) is 8.42 Å². The normalized spacial score (nSPS) is 17.8. The molecule has 2 heterocycles. The van der Waals surface area contributed by atoms with Crippen molar-refractivity contribution in [2.24, 2.45) is 10.7 Å². The zero-order valence-electron chi connectivity index (χ0n) is 18.7. The highest BCUT2D eigenvalue weighted by Gasteiger charge is 2.35. The average molecular weight is 461 g/mol. The number of nitrogens with zero attached hydrogens (tertiary/aromatic N) is 2. The van der Waals surface area contributed by atoms with E-state index in [9.17, 15) is 8.42 Å². The summed E-state index contributed by atoms with van der Waals surface area (Å²) in [6.07, 6.45) is 3.35. The lowest BCUT2D eigenvalue weighted by Gasteiger charge is -2.24. The number of aryl methyl sites for hydroxylation is 1. The van der Waals surface area contributed by atoms with Gasteiger partial charge in [0.2, 0.25) is 10.0 Å². The minimum absolute atomic E-state index is 0.00585. The summed E-state index contributed by atoms with van der Waals surface area (Å²) >= 11 is 0. The molecule has 0 saturated carbocycles. The lowest BCUT2D eigenvalue weighted by atomic mass is 10.1. The minimum Gasteiger partial charge on any atom is -0.384 e. The van der Waals surface area contributed by atoms with Gasteiger partial charge in [-0.05, 0) is 66.1 Å². The van der Waals surface area contributed by atoms with Crippen molar-refractivity contribution >= 4 is 37.5 Å². The number of nitrogens with one attached hydrogen (secondary N) is 1. The molecule has 6 nitrogen and oxygen atoms in total. The van der Waals surface area contributed by atoms with Crippen LogP contribution in [0.3, 0.4) is 0 Å². The van der Waals surface area contributed by atoms with Crippen LogP contribution < -0.4 is 5.73 Å². The van der Waals surface area contributed by atoms with E-state index in [0.29, 0.717) is 17.3 Å². The van der Waals surface area contributed by atoms with E-state index in [1.807, 2.05) is 48.5 Å². The Bertz CT molecular complexity index is 1460. The summed E-state index contributed by atoms with van der Waals surface area (Å²) < 4.78 is 28.6. The molecule has 1 atom stereocenters. The molecule has 170 valence electrons. The Morgan fingerprint density at radius 3 is 2.67 bits per heavy atom. The molecule has 1 aliphatic heterocycles. The Morgan fingerprint density at radius 2 is 1.85 bits per heavy atom. The van der Waals surface area contributed by atoms with E-state index in [2.05, 4.69) is 16.0 Å². The zero-order chi connectivity index (χ0) is 23.0. The molecule has 4 aromatic rings. The highest BCUT2D eigenvalue weighted by molar-refractivity contribution is 7.89. The fourth-order valence-electron chi connectivity index (χ4n) is 4.81. The highest BCUT2D eigenvalue weighted by atomic mass is 32.2. The summed E-state index contributed by atoms with van der Waals surface area (Å²) in [4.78, 5) is 7.89. The predicted molar refractivity (Wildman–Crippen MR) is 134 cm³/mol. The summed E-state index contributed by atoms with van der Waals surface area (Å²) in [6.45, 7) is 0.575.